The summed E-state index contributed by atoms with van der Waals surface area (Å²) in [5.74, 6) is -1.20. The highest BCUT2D eigenvalue weighted by Gasteiger charge is 2.50. The molecule has 0 amide bonds. The van der Waals surface area contributed by atoms with Crippen LogP contribution in [0.1, 0.15) is 46.0 Å². The molecular weight excluding hydrogens is 180 g/mol. The normalized spacial score (nSPS) is 22.8. The second kappa shape index (κ2) is 4.30. The molecule has 0 bridgehead atoms. The smallest absolute Gasteiger partial charge is 0.309 e. The number of carboxylic acids is 1. The van der Waals surface area contributed by atoms with Crippen molar-refractivity contribution in [1.29, 1.82) is 0 Å². The maximum absolute atomic E-state index is 11.1. The Bertz CT molecular complexity index is 211. The summed E-state index contributed by atoms with van der Waals surface area (Å²) in [6, 6.07) is 0. The van der Waals surface area contributed by atoms with Crippen LogP contribution in [0.5, 0.6) is 0 Å². The van der Waals surface area contributed by atoms with E-state index in [4.69, 9.17) is 5.11 Å². The van der Waals surface area contributed by atoms with Crippen molar-refractivity contribution < 1.29 is 15.0 Å². The summed E-state index contributed by atoms with van der Waals surface area (Å²) in [6.07, 6.45) is 3.91. The Morgan fingerprint density at radius 3 is 2.36 bits per heavy atom. The standard InChI is InChI=1S/C11H20O3/c1-3-5-9(10(12)13)11(14,4-2)8-6-7-8/h8-9,14H,3-7H2,1-2H3,(H,12,13). The molecule has 1 aliphatic rings. The number of rotatable bonds is 6. The molecule has 0 aromatic carbocycles. The third-order valence-electron chi connectivity index (χ3n) is 3.33. The molecule has 0 spiro atoms. The predicted octanol–water partition coefficient (Wildman–Crippen LogP) is 2.04. The van der Waals surface area contributed by atoms with E-state index in [1.807, 2.05) is 13.8 Å². The van der Waals surface area contributed by atoms with Crippen LogP contribution in [0.15, 0.2) is 0 Å². The van der Waals surface area contributed by atoms with Crippen molar-refractivity contribution in [2.24, 2.45) is 11.8 Å². The molecule has 1 aliphatic carbocycles. The second-order valence-corrected chi connectivity index (χ2v) is 4.30. The van der Waals surface area contributed by atoms with Gasteiger partial charge in [0.15, 0.2) is 0 Å². The molecule has 3 heteroatoms. The minimum absolute atomic E-state index is 0.222. The fourth-order valence-corrected chi connectivity index (χ4v) is 2.28. The summed E-state index contributed by atoms with van der Waals surface area (Å²) in [4.78, 5) is 11.1. The molecule has 0 saturated heterocycles. The highest BCUT2D eigenvalue weighted by atomic mass is 16.4. The van der Waals surface area contributed by atoms with Crippen molar-refractivity contribution >= 4 is 5.97 Å². The summed E-state index contributed by atoms with van der Waals surface area (Å²) in [7, 11) is 0. The van der Waals surface area contributed by atoms with Gasteiger partial charge >= 0.3 is 5.97 Å². The van der Waals surface area contributed by atoms with Crippen LogP contribution in [0.4, 0.5) is 0 Å². The van der Waals surface area contributed by atoms with Crippen LogP contribution in [-0.4, -0.2) is 21.8 Å². The average molecular weight is 200 g/mol. The van der Waals surface area contributed by atoms with Gasteiger partial charge in [-0.2, -0.15) is 0 Å². The fourth-order valence-electron chi connectivity index (χ4n) is 2.28. The highest BCUT2D eigenvalue weighted by Crippen LogP contribution is 2.46. The third-order valence-corrected chi connectivity index (χ3v) is 3.33. The van der Waals surface area contributed by atoms with Crippen molar-refractivity contribution in [3.8, 4) is 0 Å². The number of hydrogen-bond acceptors (Lipinski definition) is 2. The van der Waals surface area contributed by atoms with E-state index in [1.54, 1.807) is 0 Å². The molecule has 2 unspecified atom stereocenters. The van der Waals surface area contributed by atoms with Crippen LogP contribution in [0.2, 0.25) is 0 Å². The quantitative estimate of drug-likeness (QED) is 0.689. The zero-order chi connectivity index (χ0) is 10.8. The Balaban J connectivity index is 2.76. The summed E-state index contributed by atoms with van der Waals surface area (Å²) < 4.78 is 0. The lowest BCUT2D eigenvalue weighted by Crippen LogP contribution is -2.43. The maximum atomic E-state index is 11.1. The first-order chi connectivity index (χ1) is 6.56. The lowest BCUT2D eigenvalue weighted by atomic mass is 9.78. The summed E-state index contributed by atoms with van der Waals surface area (Å²) >= 11 is 0. The first-order valence-corrected chi connectivity index (χ1v) is 5.51. The first-order valence-electron chi connectivity index (χ1n) is 5.51. The summed E-state index contributed by atoms with van der Waals surface area (Å²) in [5.41, 5.74) is -0.957. The molecule has 3 nitrogen and oxygen atoms in total. The van der Waals surface area contributed by atoms with Gasteiger partial charge in [-0.05, 0) is 31.6 Å². The van der Waals surface area contributed by atoms with Crippen molar-refractivity contribution in [2.75, 3.05) is 0 Å². The molecule has 0 aromatic heterocycles. The van der Waals surface area contributed by atoms with E-state index in [-0.39, 0.29) is 5.92 Å². The predicted molar refractivity (Wildman–Crippen MR) is 54.0 cm³/mol. The van der Waals surface area contributed by atoms with Crippen LogP contribution in [0.25, 0.3) is 0 Å². The zero-order valence-corrected chi connectivity index (χ0v) is 8.99. The molecular formula is C11H20O3. The molecule has 82 valence electrons. The van der Waals surface area contributed by atoms with Crippen molar-refractivity contribution in [2.45, 2.75) is 51.6 Å². The molecule has 1 fully saturated rings. The van der Waals surface area contributed by atoms with Gasteiger partial charge < -0.3 is 10.2 Å². The molecule has 2 N–H and O–H groups in total. The number of hydrogen-bond donors (Lipinski definition) is 2. The molecule has 1 saturated carbocycles. The Hall–Kier alpha value is -0.570. The van der Waals surface area contributed by atoms with Crippen LogP contribution in [0, 0.1) is 11.8 Å². The Morgan fingerprint density at radius 1 is 1.50 bits per heavy atom. The largest absolute Gasteiger partial charge is 0.481 e. The topological polar surface area (TPSA) is 57.5 Å². The molecule has 0 heterocycles. The van der Waals surface area contributed by atoms with E-state index in [1.165, 1.54) is 0 Å². The average Bonchev–Trinajstić information content (AvgIpc) is 2.95. The van der Waals surface area contributed by atoms with Crippen molar-refractivity contribution in [3.05, 3.63) is 0 Å². The molecule has 0 radical (unpaired) electrons. The molecule has 1 rings (SSSR count). The van der Waals surface area contributed by atoms with Gasteiger partial charge in [0.25, 0.3) is 0 Å². The number of aliphatic hydroxyl groups is 1. The van der Waals surface area contributed by atoms with Gasteiger partial charge in [0.05, 0.1) is 11.5 Å². The van der Waals surface area contributed by atoms with Gasteiger partial charge in [-0.25, -0.2) is 0 Å². The van der Waals surface area contributed by atoms with Crippen molar-refractivity contribution in [3.63, 3.8) is 0 Å². The fraction of sp³-hybridized carbons (Fsp3) is 0.909. The molecule has 2 atom stereocenters. The van der Waals surface area contributed by atoms with Gasteiger partial charge in [-0.15, -0.1) is 0 Å². The summed E-state index contributed by atoms with van der Waals surface area (Å²) in [5, 5.41) is 19.4. The van der Waals surface area contributed by atoms with Gasteiger partial charge in [0.1, 0.15) is 0 Å². The highest BCUT2D eigenvalue weighted by molar-refractivity contribution is 5.71. The van der Waals surface area contributed by atoms with Crippen molar-refractivity contribution in [1.82, 2.24) is 0 Å². The minimum atomic E-state index is -0.957. The number of carboxylic acid groups (broad SMARTS) is 1. The van der Waals surface area contributed by atoms with E-state index in [9.17, 15) is 9.90 Å². The maximum Gasteiger partial charge on any atom is 0.309 e. The third kappa shape index (κ3) is 2.08. The van der Waals surface area contributed by atoms with Gasteiger partial charge in [-0.3, -0.25) is 4.79 Å². The number of aliphatic carboxylic acids is 1. The van der Waals surface area contributed by atoms with Gasteiger partial charge in [0, 0.05) is 0 Å². The van der Waals surface area contributed by atoms with Crippen LogP contribution < -0.4 is 0 Å². The van der Waals surface area contributed by atoms with E-state index < -0.39 is 17.5 Å². The van der Waals surface area contributed by atoms with Crippen LogP contribution >= 0.6 is 0 Å². The summed E-state index contributed by atoms with van der Waals surface area (Å²) in [6.45, 7) is 3.84. The Kier molecular flexibility index (Phi) is 3.53. The SMILES string of the molecule is CCCC(C(=O)O)C(O)(CC)C1CC1. The van der Waals surface area contributed by atoms with Crippen LogP contribution in [0.3, 0.4) is 0 Å². The Labute approximate surface area is 85.1 Å². The molecule has 0 aromatic rings. The van der Waals surface area contributed by atoms with Gasteiger partial charge in [0.2, 0.25) is 0 Å². The second-order valence-electron chi connectivity index (χ2n) is 4.30. The monoisotopic (exact) mass is 200 g/mol. The van der Waals surface area contributed by atoms with E-state index in [2.05, 4.69) is 0 Å². The van der Waals surface area contributed by atoms with E-state index in [0.29, 0.717) is 12.8 Å². The lowest BCUT2D eigenvalue weighted by Gasteiger charge is -2.33. The van der Waals surface area contributed by atoms with E-state index in [0.717, 1.165) is 19.3 Å². The van der Waals surface area contributed by atoms with Crippen LogP contribution in [-0.2, 0) is 4.79 Å². The Morgan fingerprint density at radius 2 is 2.07 bits per heavy atom. The minimum Gasteiger partial charge on any atom is -0.481 e. The molecule has 0 aliphatic heterocycles. The van der Waals surface area contributed by atoms with Gasteiger partial charge in [-0.1, -0.05) is 20.3 Å². The first kappa shape index (κ1) is 11.5. The lowest BCUT2D eigenvalue weighted by molar-refractivity contribution is -0.155. The molecule has 14 heavy (non-hydrogen) atoms. The zero-order valence-electron chi connectivity index (χ0n) is 8.99. The number of carbonyl (C=O) groups is 1. The van der Waals surface area contributed by atoms with E-state index >= 15 is 0 Å².